The van der Waals surface area contributed by atoms with E-state index in [0.29, 0.717) is 19.3 Å². The summed E-state index contributed by atoms with van der Waals surface area (Å²) in [5.74, 6) is -0.905. The first kappa shape index (κ1) is 76.5. The highest BCUT2D eigenvalue weighted by molar-refractivity contribution is 5.71. The fourth-order valence-corrected chi connectivity index (χ4v) is 9.14. The van der Waals surface area contributed by atoms with Crippen molar-refractivity contribution in [2.24, 2.45) is 0 Å². The van der Waals surface area contributed by atoms with Crippen molar-refractivity contribution in [1.82, 2.24) is 0 Å². The summed E-state index contributed by atoms with van der Waals surface area (Å²) in [6.07, 6.45) is 96.0. The van der Waals surface area contributed by atoms with Crippen LogP contribution in [0.4, 0.5) is 0 Å². The van der Waals surface area contributed by atoms with Crippen molar-refractivity contribution in [1.29, 1.82) is 0 Å². The Labute approximate surface area is 500 Å². The Balaban J connectivity index is 4.36. The summed E-state index contributed by atoms with van der Waals surface area (Å²) in [5, 5.41) is 0. The van der Waals surface area contributed by atoms with Crippen molar-refractivity contribution in [3.63, 3.8) is 0 Å². The van der Waals surface area contributed by atoms with Crippen LogP contribution < -0.4 is 0 Å². The van der Waals surface area contributed by atoms with E-state index in [1.807, 2.05) is 0 Å². The molecule has 0 N–H and O–H groups in total. The quantitative estimate of drug-likeness (QED) is 0.0261. The number of carbonyl (C=O) groups excluding carboxylic acids is 3. The number of ether oxygens (including phenoxy) is 3. The van der Waals surface area contributed by atoms with Crippen molar-refractivity contribution < 1.29 is 28.6 Å². The van der Waals surface area contributed by atoms with Crippen LogP contribution in [0.2, 0.25) is 0 Å². The molecule has 0 spiro atoms. The summed E-state index contributed by atoms with van der Waals surface area (Å²) in [4.78, 5) is 38.4. The van der Waals surface area contributed by atoms with E-state index in [4.69, 9.17) is 14.2 Å². The monoisotopic (exact) mass is 1120 g/mol. The number of hydrogen-bond donors (Lipinski definition) is 0. The Morgan fingerprint density at radius 3 is 0.753 bits per heavy atom. The topological polar surface area (TPSA) is 78.9 Å². The van der Waals surface area contributed by atoms with Gasteiger partial charge >= 0.3 is 17.9 Å². The summed E-state index contributed by atoms with van der Waals surface area (Å²) < 4.78 is 17.0. The molecule has 81 heavy (non-hydrogen) atoms. The second kappa shape index (κ2) is 68.1. The van der Waals surface area contributed by atoms with Crippen LogP contribution in [0.3, 0.4) is 0 Å². The maximum absolute atomic E-state index is 12.9. The molecule has 0 aliphatic rings. The molecule has 460 valence electrons. The molecular formula is C75H124O6. The van der Waals surface area contributed by atoms with Gasteiger partial charge in [-0.05, 0) is 135 Å². The summed E-state index contributed by atoms with van der Waals surface area (Å²) in [6, 6.07) is 0. The van der Waals surface area contributed by atoms with Crippen LogP contribution in [-0.4, -0.2) is 37.2 Å². The molecule has 0 amide bonds. The van der Waals surface area contributed by atoms with Gasteiger partial charge in [-0.15, -0.1) is 0 Å². The smallest absolute Gasteiger partial charge is 0.306 e. The van der Waals surface area contributed by atoms with Gasteiger partial charge in [-0.25, -0.2) is 0 Å². The summed E-state index contributed by atoms with van der Waals surface area (Å²) >= 11 is 0. The highest BCUT2D eigenvalue weighted by Gasteiger charge is 2.19. The minimum absolute atomic E-state index is 0.0895. The van der Waals surface area contributed by atoms with Gasteiger partial charge in [0.2, 0.25) is 0 Å². The molecule has 0 saturated carbocycles. The number of rotatable bonds is 60. The fourth-order valence-electron chi connectivity index (χ4n) is 9.14. The van der Waals surface area contributed by atoms with Crippen LogP contribution in [0.25, 0.3) is 0 Å². The molecule has 0 saturated heterocycles. The number of carbonyl (C=O) groups is 3. The average Bonchev–Trinajstić information content (AvgIpc) is 3.47. The van der Waals surface area contributed by atoms with Crippen LogP contribution >= 0.6 is 0 Å². The molecule has 0 fully saturated rings. The van der Waals surface area contributed by atoms with Crippen LogP contribution in [0.15, 0.2) is 134 Å². The van der Waals surface area contributed by atoms with Crippen molar-refractivity contribution in [2.45, 2.75) is 309 Å². The maximum atomic E-state index is 12.9. The van der Waals surface area contributed by atoms with Gasteiger partial charge in [0.05, 0.1) is 0 Å². The largest absolute Gasteiger partial charge is 0.462 e. The van der Waals surface area contributed by atoms with Crippen molar-refractivity contribution in [3.8, 4) is 0 Å². The van der Waals surface area contributed by atoms with Crippen LogP contribution in [-0.2, 0) is 28.6 Å². The van der Waals surface area contributed by atoms with E-state index in [0.717, 1.165) is 135 Å². The molecule has 0 aliphatic carbocycles. The summed E-state index contributed by atoms with van der Waals surface area (Å²) in [7, 11) is 0. The van der Waals surface area contributed by atoms with Gasteiger partial charge < -0.3 is 14.2 Å². The highest BCUT2D eigenvalue weighted by Crippen LogP contribution is 2.16. The molecule has 1 atom stereocenters. The van der Waals surface area contributed by atoms with Crippen molar-refractivity contribution in [3.05, 3.63) is 134 Å². The lowest BCUT2D eigenvalue weighted by atomic mass is 10.1. The lowest BCUT2D eigenvalue weighted by molar-refractivity contribution is -0.167. The summed E-state index contributed by atoms with van der Waals surface area (Å²) in [6.45, 7) is 6.39. The Morgan fingerprint density at radius 1 is 0.259 bits per heavy atom. The molecular weight excluding hydrogens is 997 g/mol. The predicted octanol–water partition coefficient (Wildman–Crippen LogP) is 23.3. The van der Waals surface area contributed by atoms with Crippen molar-refractivity contribution >= 4 is 17.9 Å². The van der Waals surface area contributed by atoms with E-state index in [2.05, 4.69) is 154 Å². The Bertz CT molecular complexity index is 1720. The molecule has 0 heterocycles. The molecule has 0 aromatic heterocycles. The van der Waals surface area contributed by atoms with Crippen LogP contribution in [0.1, 0.15) is 303 Å². The fraction of sp³-hybridized carbons (Fsp3) is 0.667. The highest BCUT2D eigenvalue weighted by atomic mass is 16.6. The molecule has 0 rings (SSSR count). The molecule has 6 nitrogen and oxygen atoms in total. The van der Waals surface area contributed by atoms with Gasteiger partial charge in [0.1, 0.15) is 13.2 Å². The van der Waals surface area contributed by atoms with E-state index in [1.165, 1.54) is 128 Å². The minimum atomic E-state index is -0.794. The Kier molecular flexibility index (Phi) is 64.3. The minimum Gasteiger partial charge on any atom is -0.462 e. The average molecular weight is 1120 g/mol. The Morgan fingerprint density at radius 2 is 0.481 bits per heavy atom. The first-order valence-corrected chi connectivity index (χ1v) is 33.7. The number of unbranched alkanes of at least 4 members (excludes halogenated alkanes) is 27. The third-order valence-electron chi connectivity index (χ3n) is 14.1. The lowest BCUT2D eigenvalue weighted by Gasteiger charge is -2.18. The molecule has 0 radical (unpaired) electrons. The number of allylic oxidation sites excluding steroid dienone is 22. The van der Waals surface area contributed by atoms with Crippen LogP contribution in [0, 0.1) is 0 Å². The van der Waals surface area contributed by atoms with E-state index in [9.17, 15) is 14.4 Å². The predicted molar refractivity (Wildman–Crippen MR) is 353 cm³/mol. The van der Waals surface area contributed by atoms with Gasteiger partial charge in [-0.2, -0.15) is 0 Å². The van der Waals surface area contributed by atoms with Gasteiger partial charge in [-0.1, -0.05) is 283 Å². The maximum Gasteiger partial charge on any atom is 0.306 e. The zero-order valence-corrected chi connectivity index (χ0v) is 52.8. The normalized spacial score (nSPS) is 13.0. The third-order valence-corrected chi connectivity index (χ3v) is 14.1. The standard InChI is InChI=1S/C75H124O6/c1-4-7-10-13-16-19-22-25-28-31-32-33-34-35-36-37-38-39-40-41-42-45-47-50-53-56-59-62-65-68-74(77)80-71-72(81-75(78)69-66-63-60-57-54-51-48-44-30-27-24-21-18-15-12-9-6-3)70-79-73(76)67-64-61-58-55-52-49-46-43-29-26-23-20-17-14-11-8-5-2/h7,9-10,12,16-21,25-30,32-33,35-36,38-39,72H,4-6,8,11,13-15,22-24,31,34,37,40-71H2,1-3H3/b10-7-,12-9-,19-16-,20-17-,21-18-,28-25-,29-26-,30-27-,33-32-,36-35-,39-38-. The first-order chi connectivity index (χ1) is 40.0. The SMILES string of the molecule is CC/C=C\C/C=C\C/C=C\C/C=C\C/C=C\C/C=C\CCCCCCCCCCCCC(=O)OCC(COC(=O)CCCCCCCCC/C=C\C/C=C\CCCCC)OC(=O)CCCCCCCCC/C=C\C/C=C\C/C=C\CC. The van der Waals surface area contributed by atoms with E-state index >= 15 is 0 Å². The van der Waals surface area contributed by atoms with E-state index in [1.54, 1.807) is 0 Å². The first-order valence-electron chi connectivity index (χ1n) is 33.7. The summed E-state index contributed by atoms with van der Waals surface area (Å²) in [5.41, 5.74) is 0. The van der Waals surface area contributed by atoms with Gasteiger partial charge in [0.15, 0.2) is 6.10 Å². The van der Waals surface area contributed by atoms with E-state index < -0.39 is 6.10 Å². The molecule has 1 unspecified atom stereocenters. The molecule has 0 aromatic carbocycles. The molecule has 0 bridgehead atoms. The van der Waals surface area contributed by atoms with Crippen LogP contribution in [0.5, 0.6) is 0 Å². The number of hydrogen-bond acceptors (Lipinski definition) is 6. The second-order valence-corrected chi connectivity index (χ2v) is 22.0. The zero-order valence-electron chi connectivity index (χ0n) is 52.8. The van der Waals surface area contributed by atoms with Crippen molar-refractivity contribution in [2.75, 3.05) is 13.2 Å². The van der Waals surface area contributed by atoms with Gasteiger partial charge in [0, 0.05) is 19.3 Å². The van der Waals surface area contributed by atoms with Gasteiger partial charge in [-0.3, -0.25) is 14.4 Å². The Hall–Kier alpha value is -4.45. The molecule has 0 aromatic rings. The van der Waals surface area contributed by atoms with E-state index in [-0.39, 0.29) is 31.1 Å². The lowest BCUT2D eigenvalue weighted by Crippen LogP contribution is -2.30. The molecule has 0 aliphatic heterocycles. The second-order valence-electron chi connectivity index (χ2n) is 22.0. The third kappa shape index (κ3) is 66.2. The number of esters is 3. The van der Waals surface area contributed by atoms with Gasteiger partial charge in [0.25, 0.3) is 0 Å². The molecule has 6 heteroatoms. The zero-order chi connectivity index (χ0) is 58.5.